The van der Waals surface area contributed by atoms with Gasteiger partial charge in [0.15, 0.2) is 0 Å². The first-order valence-electron chi connectivity index (χ1n) is 2.57. The predicted octanol–water partition coefficient (Wildman–Crippen LogP) is 0.633. The zero-order valence-corrected chi connectivity index (χ0v) is 8.23. The van der Waals surface area contributed by atoms with E-state index in [4.69, 9.17) is 11.7 Å². The standard InChI is InChI=1S/C7H9O.W/c1-3-5-7(4-2)6-8;/h2,4-5,8H,6H2,1H3;/q-1;/b7-5+;. The Morgan fingerprint density at radius 3 is 2.44 bits per heavy atom. The third-order valence-electron chi connectivity index (χ3n) is 0.785. The van der Waals surface area contributed by atoms with Crippen molar-refractivity contribution in [2.45, 2.75) is 6.92 Å². The number of hydrogen-bond acceptors (Lipinski definition) is 1. The van der Waals surface area contributed by atoms with Gasteiger partial charge in [0.2, 0.25) is 0 Å². The van der Waals surface area contributed by atoms with Gasteiger partial charge in [-0.05, 0) is 0 Å². The SMILES string of the molecule is [CH-]=C/C(=C\[C](C)=[W])CO. The van der Waals surface area contributed by atoms with Gasteiger partial charge in [-0.1, -0.05) is 0 Å². The van der Waals surface area contributed by atoms with Crippen molar-refractivity contribution < 1.29 is 24.5 Å². The van der Waals surface area contributed by atoms with Crippen LogP contribution in [-0.2, 0) is 19.4 Å². The Morgan fingerprint density at radius 2 is 2.33 bits per heavy atom. The topological polar surface area (TPSA) is 20.2 Å². The van der Waals surface area contributed by atoms with Gasteiger partial charge in [0.1, 0.15) is 0 Å². The minimum absolute atomic E-state index is 0.0289. The molecule has 0 atom stereocenters. The predicted molar refractivity (Wildman–Crippen MR) is 34.7 cm³/mol. The molecule has 0 unspecified atom stereocenters. The van der Waals surface area contributed by atoms with Crippen LogP contribution in [0.25, 0.3) is 0 Å². The monoisotopic (exact) mass is 293 g/mol. The van der Waals surface area contributed by atoms with E-state index in [1.807, 2.05) is 13.0 Å². The number of allylic oxidation sites excluding steroid dienone is 1. The fourth-order valence-corrected chi connectivity index (χ4v) is 0.951. The van der Waals surface area contributed by atoms with Gasteiger partial charge in [0.25, 0.3) is 0 Å². The van der Waals surface area contributed by atoms with E-state index in [2.05, 4.69) is 0 Å². The Morgan fingerprint density at radius 1 is 1.78 bits per heavy atom. The molecule has 9 heavy (non-hydrogen) atoms. The molecule has 1 N–H and O–H groups in total. The zero-order chi connectivity index (χ0) is 7.28. The maximum atomic E-state index is 8.59. The van der Waals surface area contributed by atoms with Crippen LogP contribution < -0.4 is 0 Å². The third kappa shape index (κ3) is 4.50. The quantitative estimate of drug-likeness (QED) is 0.598. The van der Waals surface area contributed by atoms with Crippen LogP contribution in [0.5, 0.6) is 0 Å². The molecule has 0 fully saturated rings. The Bertz CT molecular complexity index is 147. The number of rotatable bonds is 3. The van der Waals surface area contributed by atoms with Crippen LogP contribution in [-0.4, -0.2) is 15.6 Å². The number of aliphatic hydroxyl groups excluding tert-OH is 1. The van der Waals surface area contributed by atoms with Crippen molar-refractivity contribution in [3.63, 3.8) is 0 Å². The summed E-state index contributed by atoms with van der Waals surface area (Å²) < 4.78 is 1.22. The average molecular weight is 293 g/mol. The molecule has 0 aromatic heterocycles. The van der Waals surface area contributed by atoms with Crippen molar-refractivity contribution in [1.82, 2.24) is 0 Å². The molecule has 0 aliphatic carbocycles. The van der Waals surface area contributed by atoms with Crippen molar-refractivity contribution in [2.24, 2.45) is 0 Å². The first-order valence-corrected chi connectivity index (χ1v) is 4.04. The summed E-state index contributed by atoms with van der Waals surface area (Å²) in [6.45, 7) is 7.20. The van der Waals surface area contributed by atoms with E-state index < -0.39 is 0 Å². The molecule has 0 aromatic carbocycles. The van der Waals surface area contributed by atoms with Crippen molar-refractivity contribution >= 4 is 3.90 Å². The molecule has 1 nitrogen and oxygen atoms in total. The Hall–Kier alpha value is -0.00169. The van der Waals surface area contributed by atoms with Gasteiger partial charge < -0.3 is 0 Å². The summed E-state index contributed by atoms with van der Waals surface area (Å²) in [6.07, 6.45) is 3.31. The van der Waals surface area contributed by atoms with Crippen LogP contribution in [0.4, 0.5) is 0 Å². The Balaban J connectivity index is 4.07. The number of hydrogen-bond donors (Lipinski definition) is 1. The molecule has 2 heteroatoms. The van der Waals surface area contributed by atoms with Crippen molar-refractivity contribution in [3.8, 4) is 0 Å². The summed E-state index contributed by atoms with van der Waals surface area (Å²) >= 11 is 1.40. The molecular formula is C7H9OW-. The van der Waals surface area contributed by atoms with E-state index in [1.165, 1.54) is 29.3 Å². The summed E-state index contributed by atoms with van der Waals surface area (Å²) in [7, 11) is 0. The van der Waals surface area contributed by atoms with Gasteiger partial charge in [0.05, 0.1) is 0 Å². The van der Waals surface area contributed by atoms with Crippen LogP contribution >= 0.6 is 0 Å². The first-order chi connectivity index (χ1) is 4.20. The maximum absolute atomic E-state index is 8.59. The second-order valence-electron chi connectivity index (χ2n) is 1.65. The van der Waals surface area contributed by atoms with Gasteiger partial charge in [-0.3, -0.25) is 0 Å². The second kappa shape index (κ2) is 4.84. The van der Waals surface area contributed by atoms with Crippen LogP contribution in [0.15, 0.2) is 17.7 Å². The van der Waals surface area contributed by atoms with E-state index >= 15 is 0 Å². The molecule has 0 rings (SSSR count). The van der Waals surface area contributed by atoms with Crippen LogP contribution in [0.1, 0.15) is 6.92 Å². The van der Waals surface area contributed by atoms with E-state index in [-0.39, 0.29) is 6.61 Å². The van der Waals surface area contributed by atoms with Gasteiger partial charge in [0, 0.05) is 0 Å². The molecule has 0 aliphatic heterocycles. The first kappa shape index (κ1) is 9.00. The van der Waals surface area contributed by atoms with E-state index in [0.29, 0.717) is 0 Å². The van der Waals surface area contributed by atoms with Gasteiger partial charge in [-0.15, -0.1) is 0 Å². The summed E-state index contributed by atoms with van der Waals surface area (Å²) in [6, 6.07) is 0. The minimum atomic E-state index is 0.0289. The van der Waals surface area contributed by atoms with Crippen LogP contribution in [0.2, 0.25) is 0 Å². The molecule has 0 spiro atoms. The van der Waals surface area contributed by atoms with E-state index in [1.54, 1.807) is 0 Å². The Kier molecular flexibility index (Phi) is 4.84. The molecule has 0 radical (unpaired) electrons. The zero-order valence-electron chi connectivity index (χ0n) is 5.29. The molecule has 0 saturated carbocycles. The van der Waals surface area contributed by atoms with E-state index in [9.17, 15) is 0 Å². The van der Waals surface area contributed by atoms with Crippen LogP contribution in [0, 0.1) is 6.58 Å². The molecule has 0 heterocycles. The molecule has 50 valence electrons. The van der Waals surface area contributed by atoms with Crippen molar-refractivity contribution in [3.05, 3.63) is 24.3 Å². The van der Waals surface area contributed by atoms with Crippen molar-refractivity contribution in [1.29, 1.82) is 0 Å². The summed E-state index contributed by atoms with van der Waals surface area (Å²) in [5.41, 5.74) is 0.780. The average Bonchev–Trinajstić information content (AvgIpc) is 1.82. The normalized spacial score (nSPS) is 11.1. The fourth-order valence-electron chi connectivity index (χ4n) is 0.408. The Labute approximate surface area is 66.5 Å². The molecule has 0 bridgehead atoms. The van der Waals surface area contributed by atoms with Gasteiger partial charge in [-0.25, -0.2) is 0 Å². The second-order valence-corrected chi connectivity index (χ2v) is 3.97. The van der Waals surface area contributed by atoms with Crippen molar-refractivity contribution in [2.75, 3.05) is 6.61 Å². The summed E-state index contributed by atoms with van der Waals surface area (Å²) in [5.74, 6) is 0. The molecule has 0 saturated heterocycles. The van der Waals surface area contributed by atoms with Gasteiger partial charge >= 0.3 is 66.2 Å². The van der Waals surface area contributed by atoms with Crippen LogP contribution in [0.3, 0.4) is 0 Å². The summed E-state index contributed by atoms with van der Waals surface area (Å²) in [5, 5.41) is 8.59. The molecular weight excluding hydrogens is 284 g/mol. The van der Waals surface area contributed by atoms with E-state index in [0.717, 1.165) is 5.57 Å². The van der Waals surface area contributed by atoms with Gasteiger partial charge in [-0.2, -0.15) is 0 Å². The number of aliphatic hydroxyl groups is 1. The summed E-state index contributed by atoms with van der Waals surface area (Å²) in [4.78, 5) is 0. The fraction of sp³-hybridized carbons (Fsp3) is 0.286. The molecule has 0 amide bonds. The molecule has 0 aliphatic rings. The molecule has 0 aromatic rings. The third-order valence-corrected chi connectivity index (χ3v) is 1.21.